The van der Waals surface area contributed by atoms with E-state index in [0.29, 0.717) is 5.95 Å². The highest BCUT2D eigenvalue weighted by Gasteiger charge is 2.17. The van der Waals surface area contributed by atoms with E-state index in [-0.39, 0.29) is 0 Å². The Hall–Kier alpha value is -7.30. The molecule has 10 aromatic rings. The normalized spacial score (nSPS) is 11.3. The van der Waals surface area contributed by atoms with Crippen LogP contribution < -0.4 is 4.74 Å². The van der Waals surface area contributed by atoms with Gasteiger partial charge in [0.2, 0.25) is 5.95 Å². The smallest absolute Gasteiger partial charge is 0.234 e. The van der Waals surface area contributed by atoms with E-state index in [0.717, 1.165) is 55.6 Å². The van der Waals surface area contributed by atoms with E-state index in [1.165, 1.54) is 33.0 Å². The first-order valence-corrected chi connectivity index (χ1v) is 18.1. The van der Waals surface area contributed by atoms with Gasteiger partial charge in [0.15, 0.2) is 0 Å². The van der Waals surface area contributed by atoms with Crippen LogP contribution in [0.3, 0.4) is 0 Å². The van der Waals surface area contributed by atoms with Gasteiger partial charge in [-0.1, -0.05) is 140 Å². The molecule has 254 valence electrons. The molecular formula is C50H33N3O. The molecule has 0 saturated carbocycles. The Morgan fingerprint density at radius 2 is 0.778 bits per heavy atom. The topological polar surface area (TPSA) is 39.9 Å². The van der Waals surface area contributed by atoms with Gasteiger partial charge in [0.25, 0.3) is 0 Å². The van der Waals surface area contributed by atoms with Gasteiger partial charge in [-0.3, -0.25) is 4.57 Å². The van der Waals surface area contributed by atoms with E-state index in [1.54, 1.807) is 0 Å². The highest BCUT2D eigenvalue weighted by Crippen LogP contribution is 2.37. The second-order valence-corrected chi connectivity index (χ2v) is 13.5. The van der Waals surface area contributed by atoms with Gasteiger partial charge in [0, 0.05) is 28.7 Å². The number of nitrogens with zero attached hydrogens (tertiary/aromatic N) is 3. The SMILES string of the molecule is c1ccc(Oc2ccc(-c3ccc4c(c3)c3cc5ccccc5cc3n4-c3ncc(-c4ccc(-c5ccc(-c6ccccc6)cc5)cc4)cn3)cc2)cc1. The average Bonchev–Trinajstić information content (AvgIpc) is 3.56. The lowest BCUT2D eigenvalue weighted by atomic mass is 9.99. The molecular weight excluding hydrogens is 659 g/mol. The van der Waals surface area contributed by atoms with Crippen LogP contribution in [0.5, 0.6) is 11.5 Å². The molecule has 2 heterocycles. The van der Waals surface area contributed by atoms with E-state index in [9.17, 15) is 0 Å². The van der Waals surface area contributed by atoms with Gasteiger partial charge < -0.3 is 4.74 Å². The summed E-state index contributed by atoms with van der Waals surface area (Å²) in [6.45, 7) is 0. The lowest BCUT2D eigenvalue weighted by Gasteiger charge is -2.09. The molecule has 4 heteroatoms. The van der Waals surface area contributed by atoms with Crippen LogP contribution in [0.15, 0.2) is 200 Å². The maximum absolute atomic E-state index is 6.05. The zero-order valence-electron chi connectivity index (χ0n) is 29.3. The van der Waals surface area contributed by atoms with Crippen LogP contribution in [-0.2, 0) is 0 Å². The van der Waals surface area contributed by atoms with Gasteiger partial charge in [-0.2, -0.15) is 0 Å². The number of hydrogen-bond donors (Lipinski definition) is 0. The number of hydrogen-bond acceptors (Lipinski definition) is 3. The molecule has 8 aromatic carbocycles. The Labute approximate surface area is 313 Å². The van der Waals surface area contributed by atoms with Crippen LogP contribution >= 0.6 is 0 Å². The van der Waals surface area contributed by atoms with Crippen molar-refractivity contribution in [1.82, 2.24) is 14.5 Å². The van der Waals surface area contributed by atoms with Gasteiger partial charge in [-0.05, 0) is 98.2 Å². The first-order chi connectivity index (χ1) is 26.7. The van der Waals surface area contributed by atoms with E-state index in [4.69, 9.17) is 14.7 Å². The van der Waals surface area contributed by atoms with E-state index in [1.807, 2.05) is 60.9 Å². The molecule has 0 aliphatic heterocycles. The molecule has 0 bridgehead atoms. The highest BCUT2D eigenvalue weighted by molar-refractivity contribution is 6.14. The number of aromatic nitrogens is 3. The fraction of sp³-hybridized carbons (Fsp3) is 0. The third kappa shape index (κ3) is 5.86. The zero-order valence-corrected chi connectivity index (χ0v) is 29.3. The summed E-state index contributed by atoms with van der Waals surface area (Å²) in [6.07, 6.45) is 3.86. The Morgan fingerprint density at radius 3 is 1.41 bits per heavy atom. The lowest BCUT2D eigenvalue weighted by Crippen LogP contribution is -2.00. The fourth-order valence-electron chi connectivity index (χ4n) is 7.37. The minimum absolute atomic E-state index is 0.638. The Bertz CT molecular complexity index is 2900. The molecule has 0 aliphatic rings. The molecule has 0 N–H and O–H groups in total. The molecule has 0 unspecified atom stereocenters. The largest absolute Gasteiger partial charge is 0.457 e. The Morgan fingerprint density at radius 1 is 0.333 bits per heavy atom. The number of rotatable bonds is 7. The van der Waals surface area contributed by atoms with E-state index < -0.39 is 0 Å². The first kappa shape index (κ1) is 31.4. The molecule has 0 radical (unpaired) electrons. The van der Waals surface area contributed by atoms with Crippen LogP contribution in [0.1, 0.15) is 0 Å². The van der Waals surface area contributed by atoms with Gasteiger partial charge in [-0.15, -0.1) is 0 Å². The van der Waals surface area contributed by atoms with Crippen LogP contribution in [0.4, 0.5) is 0 Å². The molecule has 0 aliphatic carbocycles. The van der Waals surface area contributed by atoms with Gasteiger partial charge in [0.05, 0.1) is 11.0 Å². The van der Waals surface area contributed by atoms with Crippen molar-refractivity contribution in [3.8, 4) is 62.0 Å². The fourth-order valence-corrected chi connectivity index (χ4v) is 7.37. The van der Waals surface area contributed by atoms with Crippen molar-refractivity contribution in [2.45, 2.75) is 0 Å². The molecule has 4 nitrogen and oxygen atoms in total. The summed E-state index contributed by atoms with van der Waals surface area (Å²) in [7, 11) is 0. The van der Waals surface area contributed by atoms with Gasteiger partial charge in [-0.25, -0.2) is 9.97 Å². The second kappa shape index (κ2) is 13.4. The van der Waals surface area contributed by atoms with Crippen molar-refractivity contribution in [2.75, 3.05) is 0 Å². The van der Waals surface area contributed by atoms with Crippen molar-refractivity contribution < 1.29 is 4.74 Å². The molecule has 2 aromatic heterocycles. The highest BCUT2D eigenvalue weighted by atomic mass is 16.5. The lowest BCUT2D eigenvalue weighted by molar-refractivity contribution is 0.483. The number of ether oxygens (including phenoxy) is 1. The first-order valence-electron chi connectivity index (χ1n) is 18.1. The Balaban J connectivity index is 0.976. The van der Waals surface area contributed by atoms with Crippen LogP contribution in [0, 0.1) is 0 Å². The van der Waals surface area contributed by atoms with Crippen molar-refractivity contribution in [3.63, 3.8) is 0 Å². The predicted molar refractivity (Wildman–Crippen MR) is 222 cm³/mol. The summed E-state index contributed by atoms with van der Waals surface area (Å²) in [5, 5.41) is 4.69. The van der Waals surface area contributed by atoms with Crippen LogP contribution in [0.2, 0.25) is 0 Å². The van der Waals surface area contributed by atoms with Gasteiger partial charge in [0.1, 0.15) is 11.5 Å². The van der Waals surface area contributed by atoms with Crippen LogP contribution in [0.25, 0.3) is 83.0 Å². The number of para-hydroxylation sites is 1. The van der Waals surface area contributed by atoms with Crippen molar-refractivity contribution in [3.05, 3.63) is 200 Å². The third-order valence-electron chi connectivity index (χ3n) is 10.2. The maximum Gasteiger partial charge on any atom is 0.234 e. The summed E-state index contributed by atoms with van der Waals surface area (Å²) in [5.41, 5.74) is 11.2. The summed E-state index contributed by atoms with van der Waals surface area (Å²) in [5.74, 6) is 2.26. The standard InChI is InChI=1S/C50H33N3O/c1-3-9-34(10-4-1)35-15-17-36(18-16-35)37-19-21-39(22-20-37)43-32-51-50(52-33-43)53-48-28-25-42(38-23-26-45(27-24-38)54-44-13-5-2-6-14-44)30-46(48)47-29-40-11-7-8-12-41(40)31-49(47)53/h1-33H. The minimum Gasteiger partial charge on any atom is -0.457 e. The van der Waals surface area contributed by atoms with Crippen molar-refractivity contribution >= 4 is 32.6 Å². The summed E-state index contributed by atoms with van der Waals surface area (Å²) in [6, 6.07) is 65.7. The minimum atomic E-state index is 0.638. The maximum atomic E-state index is 6.05. The van der Waals surface area contributed by atoms with Crippen molar-refractivity contribution in [2.24, 2.45) is 0 Å². The molecule has 0 fully saturated rings. The molecule has 54 heavy (non-hydrogen) atoms. The molecule has 0 saturated heterocycles. The predicted octanol–water partition coefficient (Wildman–Crippen LogP) is 13.2. The monoisotopic (exact) mass is 691 g/mol. The second-order valence-electron chi connectivity index (χ2n) is 13.5. The summed E-state index contributed by atoms with van der Waals surface area (Å²) >= 11 is 0. The molecule has 0 spiro atoms. The average molecular weight is 692 g/mol. The van der Waals surface area contributed by atoms with E-state index in [2.05, 4.69) is 144 Å². The summed E-state index contributed by atoms with van der Waals surface area (Å²) < 4.78 is 8.23. The zero-order chi connectivity index (χ0) is 35.8. The third-order valence-corrected chi connectivity index (χ3v) is 10.2. The van der Waals surface area contributed by atoms with Gasteiger partial charge >= 0.3 is 0 Å². The Kier molecular flexibility index (Phi) is 7.77. The number of benzene rings is 8. The molecule has 0 amide bonds. The van der Waals surface area contributed by atoms with Crippen LogP contribution in [-0.4, -0.2) is 14.5 Å². The molecule has 0 atom stereocenters. The van der Waals surface area contributed by atoms with Crippen molar-refractivity contribution in [1.29, 1.82) is 0 Å². The molecule has 10 rings (SSSR count). The summed E-state index contributed by atoms with van der Waals surface area (Å²) in [4.78, 5) is 9.92. The van der Waals surface area contributed by atoms with E-state index >= 15 is 0 Å². The number of fused-ring (bicyclic) bond motifs is 4. The quantitative estimate of drug-likeness (QED) is 0.167.